The lowest BCUT2D eigenvalue weighted by Crippen LogP contribution is -2.28. The van der Waals surface area contributed by atoms with Crippen LogP contribution in [0.1, 0.15) is 31.4 Å². The number of ether oxygens (including phenoxy) is 1. The van der Waals surface area contributed by atoms with Gasteiger partial charge in [-0.15, -0.1) is 0 Å². The summed E-state index contributed by atoms with van der Waals surface area (Å²) in [5.74, 6) is 0.00973. The molecule has 0 aromatic heterocycles. The van der Waals surface area contributed by atoms with Crippen molar-refractivity contribution in [3.63, 3.8) is 0 Å². The monoisotopic (exact) mass is 260 g/mol. The van der Waals surface area contributed by atoms with Gasteiger partial charge in [0.25, 0.3) is 0 Å². The van der Waals surface area contributed by atoms with Crippen LogP contribution in [0.15, 0.2) is 30.3 Å². The number of nitrogens with zero attached hydrogens (tertiary/aromatic N) is 2. The summed E-state index contributed by atoms with van der Waals surface area (Å²) in [4.78, 5) is 13.3. The van der Waals surface area contributed by atoms with E-state index in [9.17, 15) is 4.79 Å². The molecule has 0 N–H and O–H groups in total. The van der Waals surface area contributed by atoms with E-state index in [-0.39, 0.29) is 12.0 Å². The maximum absolute atomic E-state index is 11.7. The molecule has 0 saturated heterocycles. The number of amides is 1. The fourth-order valence-corrected chi connectivity index (χ4v) is 1.68. The number of carbonyl (C=O) groups excluding carboxylic acids is 1. The Morgan fingerprint density at radius 1 is 1.42 bits per heavy atom. The molecule has 0 fully saturated rings. The van der Waals surface area contributed by atoms with Crippen LogP contribution in [0.2, 0.25) is 0 Å². The third-order valence-electron chi connectivity index (χ3n) is 2.94. The Bertz CT molecular complexity index is 426. The van der Waals surface area contributed by atoms with Gasteiger partial charge in [0.1, 0.15) is 0 Å². The number of carbonyl (C=O) groups is 1. The molecular weight excluding hydrogens is 240 g/mol. The van der Waals surface area contributed by atoms with E-state index in [0.717, 1.165) is 5.56 Å². The van der Waals surface area contributed by atoms with Crippen LogP contribution in [0.5, 0.6) is 0 Å². The molecule has 0 spiro atoms. The highest BCUT2D eigenvalue weighted by molar-refractivity contribution is 5.75. The van der Waals surface area contributed by atoms with E-state index in [1.54, 1.807) is 11.9 Å². The van der Waals surface area contributed by atoms with E-state index in [1.807, 2.05) is 43.3 Å². The Morgan fingerprint density at radius 2 is 2.11 bits per heavy atom. The van der Waals surface area contributed by atoms with Gasteiger partial charge in [-0.2, -0.15) is 5.26 Å². The summed E-state index contributed by atoms with van der Waals surface area (Å²) < 4.78 is 5.64. The minimum absolute atomic E-state index is 0.00973. The average Bonchev–Trinajstić information content (AvgIpc) is 2.45. The van der Waals surface area contributed by atoms with Gasteiger partial charge in [-0.1, -0.05) is 30.3 Å². The number of hydrogen-bond acceptors (Lipinski definition) is 3. The predicted octanol–water partition coefficient (Wildman–Crippen LogP) is 2.53. The van der Waals surface area contributed by atoms with Crippen molar-refractivity contribution in [2.75, 3.05) is 20.2 Å². The zero-order valence-corrected chi connectivity index (χ0v) is 11.5. The Balaban J connectivity index is 2.27. The van der Waals surface area contributed by atoms with E-state index in [4.69, 9.17) is 10.00 Å². The van der Waals surface area contributed by atoms with Gasteiger partial charge in [0.15, 0.2) is 0 Å². The number of rotatable bonds is 7. The van der Waals surface area contributed by atoms with E-state index >= 15 is 0 Å². The van der Waals surface area contributed by atoms with Crippen LogP contribution in [0.3, 0.4) is 0 Å². The molecule has 4 nitrogen and oxygen atoms in total. The van der Waals surface area contributed by atoms with Gasteiger partial charge in [0.2, 0.25) is 5.91 Å². The molecule has 0 aliphatic heterocycles. The van der Waals surface area contributed by atoms with Crippen molar-refractivity contribution in [1.29, 1.82) is 5.26 Å². The fraction of sp³-hybridized carbons (Fsp3) is 0.467. The SMILES string of the molecule is CC(OCCC(=O)N(C)CCC#N)c1ccccc1. The first kappa shape index (κ1) is 15.2. The molecule has 0 radical (unpaired) electrons. The van der Waals surface area contributed by atoms with Gasteiger partial charge >= 0.3 is 0 Å². The first-order valence-corrected chi connectivity index (χ1v) is 6.42. The molecular formula is C15H20N2O2. The molecule has 1 aromatic rings. The molecule has 0 saturated carbocycles. The van der Waals surface area contributed by atoms with Crippen LogP contribution < -0.4 is 0 Å². The van der Waals surface area contributed by atoms with Crippen LogP contribution in [-0.4, -0.2) is 31.0 Å². The van der Waals surface area contributed by atoms with E-state index in [0.29, 0.717) is 26.0 Å². The normalized spacial score (nSPS) is 11.6. The maximum Gasteiger partial charge on any atom is 0.224 e. The van der Waals surface area contributed by atoms with Crippen LogP contribution in [-0.2, 0) is 9.53 Å². The van der Waals surface area contributed by atoms with Gasteiger partial charge in [0, 0.05) is 13.6 Å². The average molecular weight is 260 g/mol. The van der Waals surface area contributed by atoms with Gasteiger partial charge in [-0.25, -0.2) is 0 Å². The molecule has 4 heteroatoms. The third kappa shape index (κ3) is 5.54. The molecule has 0 aliphatic rings. The minimum atomic E-state index is -0.0154. The summed E-state index contributed by atoms with van der Waals surface area (Å²) in [6, 6.07) is 11.9. The predicted molar refractivity (Wildman–Crippen MR) is 73.3 cm³/mol. The first-order valence-electron chi connectivity index (χ1n) is 6.42. The van der Waals surface area contributed by atoms with Crippen molar-refractivity contribution in [1.82, 2.24) is 4.90 Å². The largest absolute Gasteiger partial charge is 0.373 e. The highest BCUT2D eigenvalue weighted by atomic mass is 16.5. The molecule has 0 heterocycles. The standard InChI is InChI=1S/C15H20N2O2/c1-13(14-7-4-3-5-8-14)19-12-9-15(18)17(2)11-6-10-16/h3-5,7-8,13H,6,9,11-12H2,1-2H3. The molecule has 102 valence electrons. The lowest BCUT2D eigenvalue weighted by molar-refractivity contribution is -0.131. The summed E-state index contributed by atoms with van der Waals surface area (Å²) in [5.41, 5.74) is 1.10. The second-order valence-corrected chi connectivity index (χ2v) is 4.40. The number of hydrogen-bond donors (Lipinski definition) is 0. The number of nitriles is 1. The fourth-order valence-electron chi connectivity index (χ4n) is 1.68. The summed E-state index contributed by atoms with van der Waals surface area (Å²) in [6.45, 7) is 2.84. The van der Waals surface area contributed by atoms with Crippen molar-refractivity contribution in [3.05, 3.63) is 35.9 Å². The van der Waals surface area contributed by atoms with Gasteiger partial charge in [-0.3, -0.25) is 4.79 Å². The zero-order chi connectivity index (χ0) is 14.1. The smallest absolute Gasteiger partial charge is 0.224 e. The summed E-state index contributed by atoms with van der Waals surface area (Å²) in [6.07, 6.45) is 0.696. The zero-order valence-electron chi connectivity index (χ0n) is 11.5. The van der Waals surface area contributed by atoms with E-state index in [1.165, 1.54) is 0 Å². The minimum Gasteiger partial charge on any atom is -0.373 e. The van der Waals surface area contributed by atoms with Crippen molar-refractivity contribution in [3.8, 4) is 6.07 Å². The van der Waals surface area contributed by atoms with Crippen LogP contribution >= 0.6 is 0 Å². The Labute approximate surface area is 114 Å². The Kier molecular flexibility index (Phi) is 6.62. The van der Waals surface area contributed by atoms with Crippen molar-refractivity contribution in [2.45, 2.75) is 25.9 Å². The third-order valence-corrected chi connectivity index (χ3v) is 2.94. The highest BCUT2D eigenvalue weighted by Crippen LogP contribution is 2.15. The lowest BCUT2D eigenvalue weighted by atomic mass is 10.1. The van der Waals surface area contributed by atoms with Gasteiger partial charge in [0.05, 0.1) is 31.6 Å². The summed E-state index contributed by atoms with van der Waals surface area (Å²) in [5, 5.41) is 8.46. The molecule has 1 unspecified atom stereocenters. The van der Waals surface area contributed by atoms with Crippen molar-refractivity contribution >= 4 is 5.91 Å². The molecule has 0 bridgehead atoms. The summed E-state index contributed by atoms with van der Waals surface area (Å²) >= 11 is 0. The van der Waals surface area contributed by atoms with E-state index in [2.05, 4.69) is 0 Å². The second-order valence-electron chi connectivity index (χ2n) is 4.40. The molecule has 1 rings (SSSR count). The second kappa shape index (κ2) is 8.28. The summed E-state index contributed by atoms with van der Waals surface area (Å²) in [7, 11) is 1.71. The van der Waals surface area contributed by atoms with Gasteiger partial charge < -0.3 is 9.64 Å². The lowest BCUT2D eigenvalue weighted by Gasteiger charge is -2.17. The molecule has 1 aromatic carbocycles. The first-order chi connectivity index (χ1) is 9.15. The van der Waals surface area contributed by atoms with Crippen LogP contribution in [0.25, 0.3) is 0 Å². The van der Waals surface area contributed by atoms with Crippen molar-refractivity contribution in [2.24, 2.45) is 0 Å². The molecule has 19 heavy (non-hydrogen) atoms. The number of benzene rings is 1. The Hall–Kier alpha value is -1.86. The van der Waals surface area contributed by atoms with E-state index < -0.39 is 0 Å². The molecule has 0 aliphatic carbocycles. The molecule has 1 atom stereocenters. The quantitative estimate of drug-likeness (QED) is 0.757. The van der Waals surface area contributed by atoms with Gasteiger partial charge in [-0.05, 0) is 12.5 Å². The van der Waals surface area contributed by atoms with Crippen molar-refractivity contribution < 1.29 is 9.53 Å². The van der Waals surface area contributed by atoms with Crippen LogP contribution in [0, 0.1) is 11.3 Å². The highest BCUT2D eigenvalue weighted by Gasteiger charge is 2.10. The maximum atomic E-state index is 11.7. The molecule has 1 amide bonds. The topological polar surface area (TPSA) is 53.3 Å². The Morgan fingerprint density at radius 3 is 2.74 bits per heavy atom. The van der Waals surface area contributed by atoms with Crippen LogP contribution in [0.4, 0.5) is 0 Å².